The number of hydrogen-bond donors (Lipinski definition) is 1. The van der Waals surface area contributed by atoms with Crippen LogP contribution in [0.25, 0.3) is 0 Å². The minimum Gasteiger partial charge on any atom is -0.354 e. The highest BCUT2D eigenvalue weighted by atomic mass is 35.5. The summed E-state index contributed by atoms with van der Waals surface area (Å²) in [4.78, 5) is 12.4. The maximum atomic E-state index is 12.4. The van der Waals surface area contributed by atoms with Crippen molar-refractivity contribution in [2.45, 2.75) is 10.8 Å². The van der Waals surface area contributed by atoms with Gasteiger partial charge in [-0.1, -0.05) is 72.3 Å². The highest BCUT2D eigenvalue weighted by molar-refractivity contribution is 7.92. The molecule has 0 unspecified atom stereocenters. The van der Waals surface area contributed by atoms with Crippen LogP contribution < -0.4 is 5.32 Å². The molecule has 0 aliphatic carbocycles. The topological polar surface area (TPSA) is 63.2 Å². The molecular weight excluding hydrogens is 394 g/mol. The van der Waals surface area contributed by atoms with E-state index in [1.807, 2.05) is 60.7 Å². The SMILES string of the molecule is O=C(CS(=O)(=O)c1ccc(Cl)cc1)NCC(c1ccccc1)c1ccccc1. The van der Waals surface area contributed by atoms with Gasteiger partial charge in [0.2, 0.25) is 5.91 Å². The lowest BCUT2D eigenvalue weighted by molar-refractivity contribution is -0.118. The summed E-state index contributed by atoms with van der Waals surface area (Å²) in [5.41, 5.74) is 2.10. The van der Waals surface area contributed by atoms with Crippen molar-refractivity contribution >= 4 is 27.3 Å². The first kappa shape index (κ1) is 20.1. The van der Waals surface area contributed by atoms with Gasteiger partial charge in [-0.05, 0) is 35.4 Å². The molecule has 0 atom stereocenters. The zero-order valence-electron chi connectivity index (χ0n) is 15.1. The molecule has 3 aromatic carbocycles. The summed E-state index contributed by atoms with van der Waals surface area (Å²) in [6, 6.07) is 25.4. The number of sulfone groups is 1. The van der Waals surface area contributed by atoms with E-state index < -0.39 is 21.5 Å². The second-order valence-electron chi connectivity index (χ2n) is 6.39. The molecule has 0 spiro atoms. The number of hydrogen-bond acceptors (Lipinski definition) is 3. The predicted octanol–water partition coefficient (Wildman–Crippen LogP) is 4.06. The molecule has 0 saturated heterocycles. The highest BCUT2D eigenvalue weighted by Gasteiger charge is 2.21. The van der Waals surface area contributed by atoms with Crippen molar-refractivity contribution in [1.29, 1.82) is 0 Å². The summed E-state index contributed by atoms with van der Waals surface area (Å²) in [5, 5.41) is 3.21. The molecule has 28 heavy (non-hydrogen) atoms. The minimum absolute atomic E-state index is 0.0652. The summed E-state index contributed by atoms with van der Waals surface area (Å²) in [6.45, 7) is 0.309. The van der Waals surface area contributed by atoms with Crippen molar-refractivity contribution in [3.8, 4) is 0 Å². The van der Waals surface area contributed by atoms with E-state index in [1.165, 1.54) is 24.3 Å². The van der Waals surface area contributed by atoms with Crippen LogP contribution in [0, 0.1) is 0 Å². The van der Waals surface area contributed by atoms with Gasteiger partial charge in [0.25, 0.3) is 0 Å². The lowest BCUT2D eigenvalue weighted by Gasteiger charge is -2.19. The molecule has 1 amide bonds. The number of rotatable bonds is 7. The Kier molecular flexibility index (Phi) is 6.49. The van der Waals surface area contributed by atoms with Gasteiger partial charge in [0, 0.05) is 17.5 Å². The van der Waals surface area contributed by atoms with Gasteiger partial charge in [-0.25, -0.2) is 8.42 Å². The van der Waals surface area contributed by atoms with E-state index >= 15 is 0 Å². The van der Waals surface area contributed by atoms with Crippen LogP contribution >= 0.6 is 11.6 Å². The molecule has 4 nitrogen and oxygen atoms in total. The van der Waals surface area contributed by atoms with E-state index in [1.54, 1.807) is 0 Å². The average Bonchev–Trinajstić information content (AvgIpc) is 2.70. The van der Waals surface area contributed by atoms with Crippen molar-refractivity contribution in [2.75, 3.05) is 12.3 Å². The van der Waals surface area contributed by atoms with Gasteiger partial charge in [-0.15, -0.1) is 0 Å². The van der Waals surface area contributed by atoms with Crippen molar-refractivity contribution in [2.24, 2.45) is 0 Å². The Labute approximate surface area is 170 Å². The van der Waals surface area contributed by atoms with Gasteiger partial charge < -0.3 is 5.32 Å². The first-order valence-corrected chi connectivity index (χ1v) is 10.8. The summed E-state index contributed by atoms with van der Waals surface area (Å²) >= 11 is 5.79. The highest BCUT2D eigenvalue weighted by Crippen LogP contribution is 2.23. The standard InChI is InChI=1S/C22H20ClNO3S/c23-19-11-13-20(14-12-19)28(26,27)16-22(25)24-15-21(17-7-3-1-4-8-17)18-9-5-2-6-10-18/h1-14,21H,15-16H2,(H,24,25). The summed E-state index contributed by atoms with van der Waals surface area (Å²) in [7, 11) is -3.72. The second-order valence-corrected chi connectivity index (χ2v) is 8.82. The Morgan fingerprint density at radius 2 is 1.32 bits per heavy atom. The lowest BCUT2D eigenvalue weighted by Crippen LogP contribution is -2.33. The Morgan fingerprint density at radius 3 is 1.82 bits per heavy atom. The average molecular weight is 414 g/mol. The fourth-order valence-corrected chi connectivity index (χ4v) is 4.25. The van der Waals surface area contributed by atoms with Gasteiger partial charge in [-0.3, -0.25) is 4.79 Å². The number of amides is 1. The van der Waals surface area contributed by atoms with Crippen LogP contribution in [0.5, 0.6) is 0 Å². The maximum Gasteiger partial charge on any atom is 0.235 e. The minimum atomic E-state index is -3.72. The van der Waals surface area contributed by atoms with E-state index in [0.29, 0.717) is 11.6 Å². The number of nitrogens with one attached hydrogen (secondary N) is 1. The largest absolute Gasteiger partial charge is 0.354 e. The molecule has 0 saturated carbocycles. The van der Waals surface area contributed by atoms with Gasteiger partial charge in [0.15, 0.2) is 9.84 Å². The quantitative estimate of drug-likeness (QED) is 0.635. The monoisotopic (exact) mass is 413 g/mol. The Bertz CT molecular complexity index is 981. The molecule has 0 aromatic heterocycles. The van der Waals surface area contributed by atoms with E-state index in [0.717, 1.165) is 11.1 Å². The first-order chi connectivity index (χ1) is 13.5. The Morgan fingerprint density at radius 1 is 0.821 bits per heavy atom. The van der Waals surface area contributed by atoms with Gasteiger partial charge >= 0.3 is 0 Å². The normalized spacial score (nSPS) is 11.4. The van der Waals surface area contributed by atoms with Crippen LogP contribution in [0.15, 0.2) is 89.8 Å². The first-order valence-electron chi connectivity index (χ1n) is 8.80. The van der Waals surface area contributed by atoms with Crippen LogP contribution in [0.3, 0.4) is 0 Å². The molecule has 0 bridgehead atoms. The molecule has 0 aliphatic rings. The summed E-state index contributed by atoms with van der Waals surface area (Å²) in [6.07, 6.45) is 0. The molecule has 3 rings (SSSR count). The van der Waals surface area contributed by atoms with E-state index in [-0.39, 0.29) is 10.8 Å². The molecule has 144 valence electrons. The molecule has 0 radical (unpaired) electrons. The van der Waals surface area contributed by atoms with E-state index in [2.05, 4.69) is 5.32 Å². The fraction of sp³-hybridized carbons (Fsp3) is 0.136. The molecule has 0 heterocycles. The smallest absolute Gasteiger partial charge is 0.235 e. The molecule has 0 aliphatic heterocycles. The lowest BCUT2D eigenvalue weighted by atomic mass is 9.91. The van der Waals surface area contributed by atoms with Gasteiger partial charge in [-0.2, -0.15) is 0 Å². The third kappa shape index (κ3) is 5.21. The fourth-order valence-electron chi connectivity index (χ4n) is 2.96. The predicted molar refractivity (Wildman–Crippen MR) is 111 cm³/mol. The van der Waals surface area contributed by atoms with Crippen LogP contribution in [0.2, 0.25) is 5.02 Å². The van der Waals surface area contributed by atoms with Crippen LogP contribution in [-0.4, -0.2) is 26.6 Å². The summed E-state index contributed by atoms with van der Waals surface area (Å²) in [5.74, 6) is -1.21. The van der Waals surface area contributed by atoms with Crippen molar-refractivity contribution in [3.05, 3.63) is 101 Å². The molecule has 0 fully saturated rings. The Hall–Kier alpha value is -2.63. The molecule has 1 N–H and O–H groups in total. The zero-order chi connectivity index (χ0) is 20.0. The molecular formula is C22H20ClNO3S. The summed E-state index contributed by atoms with van der Waals surface area (Å²) < 4.78 is 24.9. The van der Waals surface area contributed by atoms with Gasteiger partial charge in [0.1, 0.15) is 5.75 Å². The number of halogens is 1. The second kappa shape index (κ2) is 9.04. The van der Waals surface area contributed by atoms with Crippen molar-refractivity contribution < 1.29 is 13.2 Å². The van der Waals surface area contributed by atoms with Crippen LogP contribution in [-0.2, 0) is 14.6 Å². The third-order valence-electron chi connectivity index (χ3n) is 4.40. The number of benzene rings is 3. The molecule has 6 heteroatoms. The molecule has 3 aromatic rings. The number of carbonyl (C=O) groups is 1. The van der Waals surface area contributed by atoms with Crippen LogP contribution in [0.4, 0.5) is 0 Å². The maximum absolute atomic E-state index is 12.4. The van der Waals surface area contributed by atoms with Crippen molar-refractivity contribution in [1.82, 2.24) is 5.32 Å². The Balaban J connectivity index is 1.71. The third-order valence-corrected chi connectivity index (χ3v) is 6.29. The van der Waals surface area contributed by atoms with Gasteiger partial charge in [0.05, 0.1) is 4.90 Å². The number of carbonyl (C=O) groups excluding carboxylic acids is 1. The van der Waals surface area contributed by atoms with Crippen molar-refractivity contribution in [3.63, 3.8) is 0 Å². The van der Waals surface area contributed by atoms with E-state index in [9.17, 15) is 13.2 Å². The van der Waals surface area contributed by atoms with Crippen LogP contribution in [0.1, 0.15) is 17.0 Å². The zero-order valence-corrected chi connectivity index (χ0v) is 16.7. The van der Waals surface area contributed by atoms with E-state index in [4.69, 9.17) is 11.6 Å².